The van der Waals surface area contributed by atoms with Gasteiger partial charge in [0.1, 0.15) is 23.3 Å². The Bertz CT molecular complexity index is 992. The summed E-state index contributed by atoms with van der Waals surface area (Å²) >= 11 is 1.26. The summed E-state index contributed by atoms with van der Waals surface area (Å²) in [5, 5.41) is 10.0. The van der Waals surface area contributed by atoms with Crippen LogP contribution in [0.5, 0.6) is 0 Å². The van der Waals surface area contributed by atoms with Gasteiger partial charge in [-0.1, -0.05) is 24.3 Å². The van der Waals surface area contributed by atoms with Crippen LogP contribution in [-0.4, -0.2) is 4.98 Å². The van der Waals surface area contributed by atoms with Crippen molar-refractivity contribution in [3.8, 4) is 6.07 Å². The van der Waals surface area contributed by atoms with Crippen LogP contribution >= 0.6 is 11.8 Å². The average Bonchev–Trinajstić information content (AvgIpc) is 2.53. The Kier molecular flexibility index (Phi) is 4.13. The predicted molar refractivity (Wildman–Crippen MR) is 85.2 cm³/mol. The zero-order chi connectivity index (χ0) is 16.4. The van der Waals surface area contributed by atoms with E-state index < -0.39 is 11.4 Å². The molecule has 0 amide bonds. The normalized spacial score (nSPS) is 10.7. The number of aromatic nitrogens is 1. The fourth-order valence-corrected chi connectivity index (χ4v) is 3.30. The molecule has 3 nitrogen and oxygen atoms in total. The number of H-pyrrole nitrogens is 1. The van der Waals surface area contributed by atoms with Crippen LogP contribution in [0, 0.1) is 23.0 Å². The highest BCUT2D eigenvalue weighted by molar-refractivity contribution is 7.98. The monoisotopic (exact) mass is 328 g/mol. The first-order valence-electron chi connectivity index (χ1n) is 6.72. The van der Waals surface area contributed by atoms with Gasteiger partial charge in [0.2, 0.25) is 0 Å². The number of thioether (sulfide) groups is 1. The number of nitrogens with zero attached hydrogens (tertiary/aromatic N) is 1. The Morgan fingerprint density at radius 3 is 2.70 bits per heavy atom. The minimum Gasteiger partial charge on any atom is -0.315 e. The molecule has 3 aromatic rings. The molecule has 0 aliphatic carbocycles. The van der Waals surface area contributed by atoms with Crippen molar-refractivity contribution in [1.29, 1.82) is 5.26 Å². The van der Waals surface area contributed by atoms with Crippen LogP contribution in [0.3, 0.4) is 0 Å². The van der Waals surface area contributed by atoms with Crippen LogP contribution in [0.25, 0.3) is 10.8 Å². The van der Waals surface area contributed by atoms with Crippen molar-refractivity contribution in [1.82, 2.24) is 4.98 Å². The molecule has 0 atom stereocenters. The molecule has 0 aliphatic rings. The van der Waals surface area contributed by atoms with E-state index in [0.717, 1.165) is 5.56 Å². The number of halogens is 2. The van der Waals surface area contributed by atoms with E-state index in [1.54, 1.807) is 24.3 Å². The van der Waals surface area contributed by atoms with Gasteiger partial charge in [-0.2, -0.15) is 5.26 Å². The molecule has 0 fully saturated rings. The Morgan fingerprint density at radius 1 is 1.17 bits per heavy atom. The lowest BCUT2D eigenvalue weighted by Crippen LogP contribution is -2.12. The summed E-state index contributed by atoms with van der Waals surface area (Å²) in [6.45, 7) is 0. The van der Waals surface area contributed by atoms with Gasteiger partial charge in [-0.25, -0.2) is 8.78 Å². The van der Waals surface area contributed by atoms with Crippen LogP contribution in [-0.2, 0) is 5.75 Å². The molecule has 2 aromatic carbocycles. The first-order valence-corrected chi connectivity index (χ1v) is 7.70. The number of nitriles is 1. The summed E-state index contributed by atoms with van der Waals surface area (Å²) in [5.41, 5.74) is -0.134. The van der Waals surface area contributed by atoms with E-state index in [0.29, 0.717) is 16.2 Å². The molecule has 114 valence electrons. The smallest absolute Gasteiger partial charge is 0.267 e. The molecule has 1 heterocycles. The van der Waals surface area contributed by atoms with Crippen molar-refractivity contribution in [3.63, 3.8) is 0 Å². The summed E-state index contributed by atoms with van der Waals surface area (Å²) in [7, 11) is 0. The lowest BCUT2D eigenvalue weighted by Gasteiger charge is -2.08. The highest BCUT2D eigenvalue weighted by Gasteiger charge is 2.14. The Balaban J connectivity index is 2.07. The second kappa shape index (κ2) is 6.23. The summed E-state index contributed by atoms with van der Waals surface area (Å²) in [6, 6.07) is 12.2. The topological polar surface area (TPSA) is 56.6 Å². The van der Waals surface area contributed by atoms with E-state index in [9.17, 15) is 13.6 Å². The van der Waals surface area contributed by atoms with Crippen molar-refractivity contribution in [2.75, 3.05) is 0 Å². The fourth-order valence-electron chi connectivity index (χ4n) is 2.32. The molecule has 3 rings (SSSR count). The summed E-state index contributed by atoms with van der Waals surface area (Å²) in [4.78, 5) is 14.6. The maximum absolute atomic E-state index is 14.0. The maximum atomic E-state index is 14.0. The minimum atomic E-state index is -0.633. The van der Waals surface area contributed by atoms with Gasteiger partial charge >= 0.3 is 0 Å². The number of pyridine rings is 1. The zero-order valence-corrected chi connectivity index (χ0v) is 12.6. The molecule has 0 bridgehead atoms. The van der Waals surface area contributed by atoms with Crippen molar-refractivity contribution >= 4 is 22.5 Å². The first-order chi connectivity index (χ1) is 11.1. The number of nitrogens with one attached hydrogen (secondary N) is 1. The van der Waals surface area contributed by atoms with Gasteiger partial charge in [-0.05, 0) is 23.8 Å². The predicted octanol–water partition coefficient (Wildman–Crippen LogP) is 3.97. The van der Waals surface area contributed by atoms with E-state index >= 15 is 0 Å². The summed E-state index contributed by atoms with van der Waals surface area (Å²) in [6.07, 6.45) is 0. The minimum absolute atomic E-state index is 0.0143. The molecule has 23 heavy (non-hydrogen) atoms. The molecule has 1 N–H and O–H groups in total. The maximum Gasteiger partial charge on any atom is 0.267 e. The number of benzene rings is 2. The number of hydrogen-bond donors (Lipinski definition) is 1. The van der Waals surface area contributed by atoms with Gasteiger partial charge < -0.3 is 4.98 Å². The van der Waals surface area contributed by atoms with E-state index in [2.05, 4.69) is 4.98 Å². The van der Waals surface area contributed by atoms with Crippen LogP contribution in [0.1, 0.15) is 11.1 Å². The van der Waals surface area contributed by atoms with E-state index in [4.69, 9.17) is 5.26 Å². The third-order valence-corrected chi connectivity index (χ3v) is 4.43. The van der Waals surface area contributed by atoms with Crippen molar-refractivity contribution in [2.45, 2.75) is 10.8 Å². The van der Waals surface area contributed by atoms with Gasteiger partial charge in [0.15, 0.2) is 0 Å². The zero-order valence-electron chi connectivity index (χ0n) is 11.8. The highest BCUT2D eigenvalue weighted by atomic mass is 32.2. The van der Waals surface area contributed by atoms with Crippen LogP contribution in [0.15, 0.2) is 52.3 Å². The van der Waals surface area contributed by atoms with Gasteiger partial charge in [0.05, 0.1) is 5.03 Å². The van der Waals surface area contributed by atoms with Crippen molar-refractivity contribution in [3.05, 3.63) is 75.6 Å². The lowest BCUT2D eigenvalue weighted by molar-refractivity contribution is 0.626. The Labute approximate surface area is 134 Å². The SMILES string of the molecule is N#Cc1c(=O)[nH]c(SCc2cccc(F)c2)c2cccc(F)c12. The largest absolute Gasteiger partial charge is 0.315 e. The summed E-state index contributed by atoms with van der Waals surface area (Å²) < 4.78 is 27.3. The molecule has 0 saturated heterocycles. The second-order valence-electron chi connectivity index (χ2n) is 4.85. The molecule has 0 unspecified atom stereocenters. The molecule has 0 spiro atoms. The summed E-state index contributed by atoms with van der Waals surface area (Å²) in [5.74, 6) is -0.546. The number of fused-ring (bicyclic) bond motifs is 1. The van der Waals surface area contributed by atoms with Crippen molar-refractivity contribution < 1.29 is 8.78 Å². The molecule has 0 radical (unpaired) electrons. The van der Waals surface area contributed by atoms with Crippen LogP contribution in [0.4, 0.5) is 8.78 Å². The number of aromatic amines is 1. The van der Waals surface area contributed by atoms with E-state index in [1.807, 2.05) is 0 Å². The fraction of sp³-hybridized carbons (Fsp3) is 0.0588. The second-order valence-corrected chi connectivity index (χ2v) is 5.84. The third-order valence-electron chi connectivity index (χ3n) is 3.35. The van der Waals surface area contributed by atoms with Crippen LogP contribution in [0.2, 0.25) is 0 Å². The molecule has 1 aromatic heterocycles. The molecule has 0 saturated carbocycles. The van der Waals surface area contributed by atoms with Gasteiger partial charge in [0, 0.05) is 16.5 Å². The molecular weight excluding hydrogens is 318 g/mol. The van der Waals surface area contributed by atoms with E-state index in [-0.39, 0.29) is 16.8 Å². The standard InChI is InChI=1S/C17H10F2N2OS/c18-11-4-1-3-10(7-11)9-23-17-12-5-2-6-14(19)15(12)13(8-20)16(22)21-17/h1-7H,9H2,(H,21,22). The third kappa shape index (κ3) is 2.96. The molecule has 6 heteroatoms. The number of rotatable bonds is 3. The average molecular weight is 328 g/mol. The van der Waals surface area contributed by atoms with E-state index in [1.165, 1.54) is 36.0 Å². The highest BCUT2D eigenvalue weighted by Crippen LogP contribution is 2.30. The number of hydrogen-bond acceptors (Lipinski definition) is 3. The molecule has 0 aliphatic heterocycles. The van der Waals surface area contributed by atoms with Crippen LogP contribution < -0.4 is 5.56 Å². The lowest BCUT2D eigenvalue weighted by atomic mass is 10.1. The molecular formula is C17H10F2N2OS. The van der Waals surface area contributed by atoms with Crippen molar-refractivity contribution in [2.24, 2.45) is 0 Å². The Hall–Kier alpha value is -2.65. The van der Waals surface area contributed by atoms with Gasteiger partial charge in [-0.15, -0.1) is 11.8 Å². The van der Waals surface area contributed by atoms with Gasteiger partial charge in [-0.3, -0.25) is 4.79 Å². The first kappa shape index (κ1) is 15.3. The quantitative estimate of drug-likeness (QED) is 0.740. The van der Waals surface area contributed by atoms with Gasteiger partial charge in [0.25, 0.3) is 5.56 Å². The Morgan fingerprint density at radius 2 is 1.96 bits per heavy atom.